The van der Waals surface area contributed by atoms with Gasteiger partial charge in [-0.3, -0.25) is 9.79 Å². The fraction of sp³-hybridized carbons (Fsp3) is 0.762. The summed E-state index contributed by atoms with van der Waals surface area (Å²) in [7, 11) is 1.78. The van der Waals surface area contributed by atoms with Gasteiger partial charge in [-0.15, -0.1) is 0 Å². The summed E-state index contributed by atoms with van der Waals surface area (Å²) in [5, 5.41) is 3.76. The number of aliphatic imine (C=N–C) groups is 1. The van der Waals surface area contributed by atoms with E-state index in [4.69, 9.17) is 4.99 Å². The Labute approximate surface area is 167 Å². The Morgan fingerprint density at radius 1 is 1.21 bits per heavy atom. The van der Waals surface area contributed by atoms with Crippen molar-refractivity contribution >= 4 is 11.8 Å². The van der Waals surface area contributed by atoms with Gasteiger partial charge in [-0.2, -0.15) is 0 Å². The molecular formula is C21H34N6O. The van der Waals surface area contributed by atoms with E-state index in [0.717, 1.165) is 50.5 Å². The van der Waals surface area contributed by atoms with Crippen LogP contribution in [-0.4, -0.2) is 59.2 Å². The largest absolute Gasteiger partial charge is 0.353 e. The monoisotopic (exact) mass is 386 g/mol. The molecule has 1 N–H and O–H groups in total. The van der Waals surface area contributed by atoms with Crippen LogP contribution in [0.2, 0.25) is 0 Å². The molecule has 0 bridgehead atoms. The van der Waals surface area contributed by atoms with Crippen molar-refractivity contribution < 1.29 is 0 Å². The highest BCUT2D eigenvalue weighted by atomic mass is 16.1. The first-order valence-electron chi connectivity index (χ1n) is 11.0. The Balaban J connectivity index is 1.33. The summed E-state index contributed by atoms with van der Waals surface area (Å²) in [6.07, 6.45) is 11.8. The number of aryl methyl sites for hydroxylation is 1. The van der Waals surface area contributed by atoms with Gasteiger partial charge in [0, 0.05) is 58.2 Å². The van der Waals surface area contributed by atoms with Crippen LogP contribution in [0.5, 0.6) is 0 Å². The van der Waals surface area contributed by atoms with Gasteiger partial charge in [0.2, 0.25) is 0 Å². The molecule has 7 nitrogen and oxygen atoms in total. The lowest BCUT2D eigenvalue weighted by Gasteiger charge is -2.37. The van der Waals surface area contributed by atoms with Crippen molar-refractivity contribution in [2.75, 3.05) is 37.6 Å². The van der Waals surface area contributed by atoms with Gasteiger partial charge in [0.15, 0.2) is 11.8 Å². The molecule has 0 radical (unpaired) electrons. The van der Waals surface area contributed by atoms with E-state index >= 15 is 0 Å². The molecule has 0 aromatic carbocycles. The highest BCUT2D eigenvalue weighted by Crippen LogP contribution is 2.44. The van der Waals surface area contributed by atoms with Crippen molar-refractivity contribution in [1.29, 1.82) is 0 Å². The van der Waals surface area contributed by atoms with Crippen molar-refractivity contribution in [2.24, 2.45) is 23.9 Å². The van der Waals surface area contributed by atoms with E-state index in [1.165, 1.54) is 38.5 Å². The lowest BCUT2D eigenvalue weighted by atomic mass is 9.85. The first-order valence-corrected chi connectivity index (χ1v) is 11.0. The quantitative estimate of drug-likeness (QED) is 0.632. The number of hydrogen-bond donors (Lipinski definition) is 1. The molecule has 2 atom stereocenters. The van der Waals surface area contributed by atoms with E-state index in [1.807, 2.05) is 0 Å². The second-order valence-electron chi connectivity index (χ2n) is 8.49. The van der Waals surface area contributed by atoms with E-state index in [2.05, 4.69) is 27.0 Å². The normalized spacial score (nSPS) is 26.4. The minimum Gasteiger partial charge on any atom is -0.353 e. The van der Waals surface area contributed by atoms with Crippen LogP contribution in [0.3, 0.4) is 0 Å². The van der Waals surface area contributed by atoms with Crippen LogP contribution >= 0.6 is 0 Å². The van der Waals surface area contributed by atoms with Crippen LogP contribution in [-0.2, 0) is 7.05 Å². The van der Waals surface area contributed by atoms with Gasteiger partial charge in [0.1, 0.15) is 0 Å². The topological polar surface area (TPSA) is 65.8 Å². The molecule has 2 saturated carbocycles. The van der Waals surface area contributed by atoms with Crippen LogP contribution < -0.4 is 15.8 Å². The summed E-state index contributed by atoms with van der Waals surface area (Å²) < 4.78 is 1.60. The Morgan fingerprint density at radius 2 is 1.96 bits per heavy atom. The Kier molecular flexibility index (Phi) is 5.87. The van der Waals surface area contributed by atoms with E-state index in [0.29, 0.717) is 11.9 Å². The Bertz CT molecular complexity index is 746. The van der Waals surface area contributed by atoms with Gasteiger partial charge < -0.3 is 19.7 Å². The van der Waals surface area contributed by atoms with Crippen molar-refractivity contribution in [3.8, 4) is 0 Å². The van der Waals surface area contributed by atoms with E-state index in [-0.39, 0.29) is 5.56 Å². The number of anilines is 1. The van der Waals surface area contributed by atoms with Crippen LogP contribution in [0.15, 0.2) is 22.2 Å². The van der Waals surface area contributed by atoms with Gasteiger partial charge in [-0.25, -0.2) is 4.98 Å². The van der Waals surface area contributed by atoms with Crippen molar-refractivity contribution in [3.63, 3.8) is 0 Å². The third-order valence-electron chi connectivity index (χ3n) is 6.59. The number of rotatable bonds is 4. The molecule has 2 heterocycles. The summed E-state index contributed by atoms with van der Waals surface area (Å²) >= 11 is 0. The lowest BCUT2D eigenvalue weighted by Crippen LogP contribution is -2.54. The molecule has 154 valence electrons. The van der Waals surface area contributed by atoms with Gasteiger partial charge in [0.05, 0.1) is 0 Å². The summed E-state index contributed by atoms with van der Waals surface area (Å²) in [4.78, 5) is 25.9. The number of nitrogens with one attached hydrogen (secondary N) is 1. The predicted molar refractivity (Wildman–Crippen MR) is 113 cm³/mol. The van der Waals surface area contributed by atoms with Gasteiger partial charge in [-0.1, -0.05) is 32.1 Å². The molecule has 28 heavy (non-hydrogen) atoms. The number of hydrogen-bond acceptors (Lipinski definition) is 4. The molecular weight excluding hydrogens is 352 g/mol. The highest BCUT2D eigenvalue weighted by molar-refractivity contribution is 5.81. The van der Waals surface area contributed by atoms with E-state index in [1.54, 1.807) is 24.0 Å². The summed E-state index contributed by atoms with van der Waals surface area (Å²) in [5.74, 6) is 3.39. The second kappa shape index (κ2) is 8.53. The first kappa shape index (κ1) is 19.3. The van der Waals surface area contributed by atoms with E-state index < -0.39 is 0 Å². The molecule has 1 aliphatic heterocycles. The zero-order valence-corrected chi connectivity index (χ0v) is 17.3. The third-order valence-corrected chi connectivity index (χ3v) is 6.59. The van der Waals surface area contributed by atoms with Gasteiger partial charge in [-0.05, 0) is 25.2 Å². The zero-order valence-electron chi connectivity index (χ0n) is 17.3. The van der Waals surface area contributed by atoms with Crippen LogP contribution in [0.4, 0.5) is 5.82 Å². The number of aromatic nitrogens is 2. The summed E-state index contributed by atoms with van der Waals surface area (Å²) in [5.41, 5.74) is -0.0233. The molecule has 7 heteroatoms. The minimum atomic E-state index is -0.0233. The average molecular weight is 387 g/mol. The van der Waals surface area contributed by atoms with Crippen LogP contribution in [0.1, 0.15) is 45.4 Å². The zero-order chi connectivity index (χ0) is 19.5. The number of guanidine groups is 1. The molecule has 2 unspecified atom stereocenters. The number of piperazine rings is 1. The van der Waals surface area contributed by atoms with E-state index in [9.17, 15) is 4.79 Å². The maximum Gasteiger partial charge on any atom is 0.293 e. The molecule has 2 aliphatic carbocycles. The Morgan fingerprint density at radius 3 is 2.68 bits per heavy atom. The van der Waals surface area contributed by atoms with Crippen LogP contribution in [0.25, 0.3) is 0 Å². The molecule has 0 amide bonds. The molecule has 3 fully saturated rings. The highest BCUT2D eigenvalue weighted by Gasteiger charge is 2.44. The smallest absolute Gasteiger partial charge is 0.293 e. The van der Waals surface area contributed by atoms with Crippen molar-refractivity contribution in [2.45, 2.75) is 51.5 Å². The summed E-state index contributed by atoms with van der Waals surface area (Å²) in [6, 6.07) is 0.606. The molecule has 1 aromatic heterocycles. The maximum atomic E-state index is 12.3. The molecule has 3 aliphatic rings. The maximum absolute atomic E-state index is 12.3. The summed E-state index contributed by atoms with van der Waals surface area (Å²) in [6.45, 7) is 6.23. The van der Waals surface area contributed by atoms with Gasteiger partial charge >= 0.3 is 0 Å². The lowest BCUT2D eigenvalue weighted by molar-refractivity contribution is 0.313. The average Bonchev–Trinajstić information content (AvgIpc) is 3.50. The molecule has 0 spiro atoms. The predicted octanol–water partition coefficient (Wildman–Crippen LogP) is 1.84. The fourth-order valence-corrected chi connectivity index (χ4v) is 4.85. The standard InChI is InChI=1S/C21H34N6O/c1-3-22-21(24-18-15-17(18)16-7-5-4-6-8-16)27-13-11-26(12-14-27)19-20(28)25(2)10-9-23-19/h9-10,16-18H,3-8,11-15H2,1-2H3,(H,22,24). The van der Waals surface area contributed by atoms with Crippen molar-refractivity contribution in [3.05, 3.63) is 22.7 Å². The van der Waals surface area contributed by atoms with Crippen LogP contribution in [0, 0.1) is 11.8 Å². The first-order chi connectivity index (χ1) is 13.7. The minimum absolute atomic E-state index is 0.0233. The van der Waals surface area contributed by atoms with Crippen molar-refractivity contribution in [1.82, 2.24) is 19.8 Å². The van der Waals surface area contributed by atoms with Gasteiger partial charge in [0.25, 0.3) is 5.56 Å². The second-order valence-corrected chi connectivity index (χ2v) is 8.49. The Hall–Kier alpha value is -2.05. The SMILES string of the molecule is CCN=C(NC1CC1C1CCCCC1)N1CCN(c2nccn(C)c2=O)CC1. The number of nitrogens with zero attached hydrogens (tertiary/aromatic N) is 5. The molecule has 1 saturated heterocycles. The molecule has 1 aromatic rings. The fourth-order valence-electron chi connectivity index (χ4n) is 4.85. The third kappa shape index (κ3) is 4.18. The molecule has 4 rings (SSSR count).